The molecule has 1 aromatic rings. The largest absolute Gasteiger partial charge is 0.467 e. The molecule has 0 unspecified atom stereocenters. The number of rotatable bonds is 14. The third-order valence-electron chi connectivity index (χ3n) is 8.70. The Bertz CT molecular complexity index is 1560. The minimum atomic E-state index is -1.44. The Kier molecular flexibility index (Phi) is 17.3. The highest BCUT2D eigenvalue weighted by atomic mass is 79.9. The number of ether oxygens (including phenoxy) is 4. The number of alkyl carbamates (subject to hydrolysis) is 1. The predicted octanol–water partition coefficient (Wildman–Crippen LogP) is 6.94. The molecule has 1 N–H and O–H groups in total. The van der Waals surface area contributed by atoms with Crippen molar-refractivity contribution in [1.82, 2.24) is 15.1 Å². The van der Waals surface area contributed by atoms with Crippen LogP contribution in [0, 0.1) is 23.7 Å². The number of nitrogens with one attached hydrogen (secondary N) is 1. The van der Waals surface area contributed by atoms with E-state index in [1.165, 1.54) is 16.9 Å². The summed E-state index contributed by atoms with van der Waals surface area (Å²) >= 11 is 3.53. The second-order valence-electron chi connectivity index (χ2n) is 17.6. The van der Waals surface area contributed by atoms with Gasteiger partial charge in [-0.15, -0.1) is 0 Å². The quantitative estimate of drug-likeness (QED) is 0.0913. The SMILES string of the molecule is COC(=O)[C@H](Cc1cc(Br)cc(C#C[C@@H]2[C@@H](C(=O)N(C)[C@H](C(=O)OCC[Si](C)(C)C)C(C)C)CCN2C(=O)OC(C)(C)C)c1)NC(=O)OCC[Si](C)(C)C. The van der Waals surface area contributed by atoms with E-state index in [9.17, 15) is 24.0 Å². The zero-order valence-electron chi connectivity index (χ0n) is 34.5. The lowest BCUT2D eigenvalue weighted by molar-refractivity contribution is -0.157. The molecule has 1 fully saturated rings. The van der Waals surface area contributed by atoms with E-state index < -0.39 is 69.9 Å². The number of hydrogen-bond donors (Lipinski definition) is 1. The fraction of sp³-hybridized carbons (Fsp3) is 0.667. The molecular formula is C39H62BrN3O9Si2. The maximum Gasteiger partial charge on any atom is 0.411 e. The van der Waals surface area contributed by atoms with E-state index >= 15 is 0 Å². The molecule has 1 heterocycles. The molecule has 1 saturated heterocycles. The van der Waals surface area contributed by atoms with Crippen molar-refractivity contribution < 1.29 is 42.9 Å². The number of amides is 3. The summed E-state index contributed by atoms with van der Waals surface area (Å²) in [6.07, 6.45) is -0.887. The van der Waals surface area contributed by atoms with Gasteiger partial charge in [0.05, 0.1) is 26.2 Å². The van der Waals surface area contributed by atoms with Crippen molar-refractivity contribution in [3.8, 4) is 11.8 Å². The van der Waals surface area contributed by atoms with Crippen LogP contribution < -0.4 is 5.32 Å². The lowest BCUT2D eigenvalue weighted by atomic mass is 9.95. The summed E-state index contributed by atoms with van der Waals surface area (Å²) in [5.74, 6) is 3.95. The maximum atomic E-state index is 14.2. The Labute approximate surface area is 332 Å². The Morgan fingerprint density at radius 2 is 1.56 bits per heavy atom. The monoisotopic (exact) mass is 851 g/mol. The number of esters is 2. The van der Waals surface area contributed by atoms with Gasteiger partial charge in [-0.3, -0.25) is 9.69 Å². The molecule has 0 aromatic heterocycles. The standard InChI is InChI=1S/C39H62BrN3O9Si2/c1-26(2)33(36(46)50-18-20-53(8,9)10)42(6)34(44)30-16-17-43(38(48)52-39(3,4)5)32(30)15-14-27-22-28(24-29(40)23-27)25-31(35(45)49-7)41-37(47)51-19-21-54(11,12)13/h22-24,26,30-33H,16-21,25H2,1-13H3,(H,41,47)/t30-,31-,32+,33-/m0/s1. The first-order chi connectivity index (χ1) is 24.8. The summed E-state index contributed by atoms with van der Waals surface area (Å²) in [5, 5.41) is 2.62. The number of likely N-dealkylation sites (N-methyl/N-ethyl adjacent to an activating group) is 1. The number of benzene rings is 1. The predicted molar refractivity (Wildman–Crippen MR) is 219 cm³/mol. The summed E-state index contributed by atoms with van der Waals surface area (Å²) < 4.78 is 22.4. The molecule has 1 aliphatic rings. The van der Waals surface area contributed by atoms with Gasteiger partial charge in [-0.1, -0.05) is 80.9 Å². The van der Waals surface area contributed by atoms with Crippen LogP contribution in [0.2, 0.25) is 51.4 Å². The first-order valence-electron chi connectivity index (χ1n) is 18.6. The zero-order chi connectivity index (χ0) is 41.2. The van der Waals surface area contributed by atoms with E-state index in [1.54, 1.807) is 46.0 Å². The molecule has 0 aliphatic carbocycles. The highest BCUT2D eigenvalue weighted by Gasteiger charge is 2.45. The smallest absolute Gasteiger partial charge is 0.411 e. The van der Waals surface area contributed by atoms with Crippen molar-refractivity contribution in [2.45, 2.75) is 123 Å². The van der Waals surface area contributed by atoms with Crippen LogP contribution in [0.15, 0.2) is 22.7 Å². The van der Waals surface area contributed by atoms with Gasteiger partial charge in [0.25, 0.3) is 0 Å². The van der Waals surface area contributed by atoms with Crippen LogP contribution in [-0.4, -0.2) is 114 Å². The van der Waals surface area contributed by atoms with E-state index in [0.717, 1.165) is 12.1 Å². The van der Waals surface area contributed by atoms with Gasteiger partial charge in [0.15, 0.2) is 0 Å². The molecule has 1 aliphatic heterocycles. The second-order valence-corrected chi connectivity index (χ2v) is 29.8. The van der Waals surface area contributed by atoms with Crippen molar-refractivity contribution >= 4 is 62.1 Å². The highest BCUT2D eigenvalue weighted by molar-refractivity contribution is 9.10. The summed E-state index contributed by atoms with van der Waals surface area (Å²) in [6.45, 7) is 23.0. The van der Waals surface area contributed by atoms with Gasteiger partial charge in [-0.25, -0.2) is 19.2 Å². The summed E-state index contributed by atoms with van der Waals surface area (Å²) in [7, 11) is -0.0240. The summed E-state index contributed by atoms with van der Waals surface area (Å²) in [4.78, 5) is 69.2. The Morgan fingerprint density at radius 1 is 0.963 bits per heavy atom. The van der Waals surface area contributed by atoms with Crippen LogP contribution in [0.5, 0.6) is 0 Å². The average molecular weight is 853 g/mol. The van der Waals surface area contributed by atoms with Crippen LogP contribution in [0.3, 0.4) is 0 Å². The van der Waals surface area contributed by atoms with Gasteiger partial charge in [-0.05, 0) is 69.0 Å². The maximum absolute atomic E-state index is 14.2. The lowest BCUT2D eigenvalue weighted by Gasteiger charge is -2.33. The molecule has 12 nitrogen and oxygen atoms in total. The molecule has 0 bridgehead atoms. The molecule has 15 heteroatoms. The number of hydrogen-bond acceptors (Lipinski definition) is 9. The molecule has 1 aromatic carbocycles. The molecular weight excluding hydrogens is 791 g/mol. The molecule has 4 atom stereocenters. The molecule has 54 heavy (non-hydrogen) atoms. The molecule has 3 amide bonds. The van der Waals surface area contributed by atoms with Crippen molar-refractivity contribution in [3.05, 3.63) is 33.8 Å². The fourth-order valence-corrected chi connectivity index (χ4v) is 7.75. The van der Waals surface area contributed by atoms with Gasteiger partial charge in [0.1, 0.15) is 23.7 Å². The number of carbonyl (C=O) groups excluding carboxylic acids is 5. The molecule has 302 valence electrons. The van der Waals surface area contributed by atoms with Crippen molar-refractivity contribution in [2.24, 2.45) is 11.8 Å². The van der Waals surface area contributed by atoms with Gasteiger partial charge < -0.3 is 29.2 Å². The number of nitrogens with zero attached hydrogens (tertiary/aromatic N) is 2. The number of carbonyl (C=O) groups is 5. The minimum absolute atomic E-state index is 0.0912. The second kappa shape index (κ2) is 20.0. The average Bonchev–Trinajstić information content (AvgIpc) is 3.44. The summed E-state index contributed by atoms with van der Waals surface area (Å²) in [6, 6.07) is 4.27. The van der Waals surface area contributed by atoms with Crippen LogP contribution in [-0.2, 0) is 39.8 Å². The van der Waals surface area contributed by atoms with E-state index in [1.807, 2.05) is 13.8 Å². The minimum Gasteiger partial charge on any atom is -0.467 e. The fourth-order valence-electron chi connectivity index (χ4n) is 5.78. The highest BCUT2D eigenvalue weighted by Crippen LogP contribution is 2.30. The third-order valence-corrected chi connectivity index (χ3v) is 12.6. The van der Waals surface area contributed by atoms with E-state index in [0.29, 0.717) is 28.6 Å². The first-order valence-corrected chi connectivity index (χ1v) is 26.8. The van der Waals surface area contributed by atoms with Crippen LogP contribution in [0.4, 0.5) is 9.59 Å². The van der Waals surface area contributed by atoms with Crippen molar-refractivity contribution in [2.75, 3.05) is 33.9 Å². The van der Waals surface area contributed by atoms with Crippen molar-refractivity contribution in [1.29, 1.82) is 0 Å². The van der Waals surface area contributed by atoms with E-state index in [2.05, 4.69) is 72.4 Å². The Balaban J connectivity index is 2.43. The normalized spacial score (nSPS) is 17.1. The van der Waals surface area contributed by atoms with Crippen LogP contribution >= 0.6 is 15.9 Å². The van der Waals surface area contributed by atoms with E-state index in [4.69, 9.17) is 18.9 Å². The van der Waals surface area contributed by atoms with Gasteiger partial charge in [-0.2, -0.15) is 0 Å². The Morgan fingerprint density at radius 3 is 2.09 bits per heavy atom. The topological polar surface area (TPSA) is 141 Å². The van der Waals surface area contributed by atoms with E-state index in [-0.39, 0.29) is 31.4 Å². The van der Waals surface area contributed by atoms with Crippen LogP contribution in [0.1, 0.15) is 52.2 Å². The summed E-state index contributed by atoms with van der Waals surface area (Å²) in [5.41, 5.74) is 0.435. The number of halogens is 1. The lowest BCUT2D eigenvalue weighted by Crippen LogP contribution is -2.51. The van der Waals surface area contributed by atoms with Gasteiger partial charge in [0, 0.05) is 46.2 Å². The number of methoxy groups -OCH3 is 1. The Hall–Kier alpha value is -3.36. The van der Waals surface area contributed by atoms with Crippen LogP contribution in [0.25, 0.3) is 0 Å². The zero-order valence-corrected chi connectivity index (χ0v) is 38.1. The number of likely N-dealkylation sites (tertiary alicyclic amines) is 1. The van der Waals surface area contributed by atoms with Gasteiger partial charge in [0.2, 0.25) is 5.91 Å². The molecule has 0 spiro atoms. The molecule has 2 rings (SSSR count). The molecule has 0 saturated carbocycles. The first kappa shape index (κ1) is 46.8. The van der Waals surface area contributed by atoms with Gasteiger partial charge >= 0.3 is 24.1 Å². The third kappa shape index (κ3) is 15.8. The molecule has 0 radical (unpaired) electrons. The van der Waals surface area contributed by atoms with Crippen molar-refractivity contribution in [3.63, 3.8) is 0 Å².